The normalized spacial score (nSPS) is 14.2. The number of piperazine rings is 1. The maximum atomic E-state index is 13.4. The summed E-state index contributed by atoms with van der Waals surface area (Å²) in [6.45, 7) is 5.77. The van der Waals surface area contributed by atoms with Crippen LogP contribution in [0.15, 0.2) is 42.6 Å². The molecule has 0 spiro atoms. The summed E-state index contributed by atoms with van der Waals surface area (Å²) in [7, 11) is 1.54. The van der Waals surface area contributed by atoms with Crippen LogP contribution in [0.5, 0.6) is 5.75 Å². The third-order valence-corrected chi connectivity index (χ3v) is 5.66. The number of likely N-dealkylation sites (N-methyl/N-ethyl adjacent to an activating group) is 1. The summed E-state index contributed by atoms with van der Waals surface area (Å²) in [6, 6.07) is 9.61. The maximum absolute atomic E-state index is 13.4. The predicted octanol–water partition coefficient (Wildman–Crippen LogP) is 2.18. The van der Waals surface area contributed by atoms with E-state index in [1.807, 2.05) is 0 Å². The molecule has 1 aliphatic rings. The Morgan fingerprint density at radius 2 is 1.69 bits per heavy atom. The highest BCUT2D eigenvalue weighted by molar-refractivity contribution is 5.95. The first-order chi connectivity index (χ1) is 17.1. The summed E-state index contributed by atoms with van der Waals surface area (Å²) in [5.74, 6) is -2.63. The van der Waals surface area contributed by atoms with Gasteiger partial charge >= 0.3 is 18.1 Å². The molecule has 0 atom stereocenters. The Balaban J connectivity index is 1.73. The van der Waals surface area contributed by atoms with Crippen LogP contribution in [-0.2, 0) is 11.3 Å². The highest BCUT2D eigenvalue weighted by Gasteiger charge is 2.39. The minimum atomic E-state index is -5.13. The third kappa shape index (κ3) is 6.84. The van der Waals surface area contributed by atoms with E-state index in [1.54, 1.807) is 46.6 Å². The number of pyridine rings is 1. The fraction of sp³-hybridized carbons (Fsp3) is 0.391. The number of hydrogen-bond donors (Lipinski definition) is 2. The van der Waals surface area contributed by atoms with Gasteiger partial charge in [-0.25, -0.2) is 4.79 Å². The van der Waals surface area contributed by atoms with Crippen LogP contribution in [-0.4, -0.2) is 78.6 Å². The molecule has 4 amide bonds. The van der Waals surface area contributed by atoms with Crippen molar-refractivity contribution < 1.29 is 32.3 Å². The molecular weight excluding hydrogens is 481 g/mol. The van der Waals surface area contributed by atoms with Crippen LogP contribution in [0.1, 0.15) is 23.0 Å². The SMILES string of the molecule is CCN1CCN(C(=O)N(Cc2ccc(C(=O)NNC(=O)C(F)(F)F)cn2)c2ccc(OC)cc2)CC1. The number of urea groups is 1. The van der Waals surface area contributed by atoms with Crippen LogP contribution in [0.2, 0.25) is 0 Å². The van der Waals surface area contributed by atoms with Gasteiger partial charge in [0.25, 0.3) is 5.91 Å². The Morgan fingerprint density at radius 1 is 1.03 bits per heavy atom. The van der Waals surface area contributed by atoms with Crippen LogP contribution in [0.3, 0.4) is 0 Å². The number of amides is 4. The number of carbonyl (C=O) groups excluding carboxylic acids is 3. The predicted molar refractivity (Wildman–Crippen MR) is 124 cm³/mol. The Bertz CT molecular complexity index is 1060. The van der Waals surface area contributed by atoms with Crippen LogP contribution in [0.25, 0.3) is 0 Å². The average molecular weight is 509 g/mol. The third-order valence-electron chi connectivity index (χ3n) is 5.66. The summed E-state index contributed by atoms with van der Waals surface area (Å²) in [5.41, 5.74) is 3.98. The Kier molecular flexibility index (Phi) is 8.69. The molecular formula is C23H27F3N6O4. The molecule has 2 aromatic rings. The number of nitrogens with one attached hydrogen (secondary N) is 2. The lowest BCUT2D eigenvalue weighted by Crippen LogP contribution is -2.52. The van der Waals surface area contributed by atoms with Gasteiger partial charge in [0.05, 0.1) is 24.9 Å². The van der Waals surface area contributed by atoms with E-state index in [1.165, 1.54) is 17.6 Å². The molecule has 10 nitrogen and oxygen atoms in total. The number of rotatable bonds is 6. The summed E-state index contributed by atoms with van der Waals surface area (Å²) in [4.78, 5) is 46.1. The van der Waals surface area contributed by atoms with Gasteiger partial charge in [-0.05, 0) is 42.9 Å². The van der Waals surface area contributed by atoms with E-state index in [-0.39, 0.29) is 18.1 Å². The Morgan fingerprint density at radius 3 is 2.22 bits per heavy atom. The molecule has 1 aromatic heterocycles. The van der Waals surface area contributed by atoms with Crippen molar-refractivity contribution in [2.45, 2.75) is 19.6 Å². The van der Waals surface area contributed by atoms with E-state index in [9.17, 15) is 27.6 Å². The lowest BCUT2D eigenvalue weighted by Gasteiger charge is -2.37. The van der Waals surface area contributed by atoms with E-state index >= 15 is 0 Å². The number of hydrogen-bond acceptors (Lipinski definition) is 6. The fourth-order valence-corrected chi connectivity index (χ4v) is 3.53. The van der Waals surface area contributed by atoms with Gasteiger partial charge in [-0.2, -0.15) is 13.2 Å². The van der Waals surface area contributed by atoms with Crippen LogP contribution in [0.4, 0.5) is 23.7 Å². The zero-order valence-electron chi connectivity index (χ0n) is 19.8. The monoisotopic (exact) mass is 508 g/mol. The molecule has 2 N–H and O–H groups in total. The molecule has 36 heavy (non-hydrogen) atoms. The van der Waals surface area contributed by atoms with Crippen molar-refractivity contribution in [3.05, 3.63) is 53.9 Å². The summed E-state index contributed by atoms with van der Waals surface area (Å²) in [5, 5.41) is 0. The van der Waals surface area contributed by atoms with Gasteiger partial charge in [-0.1, -0.05) is 6.92 Å². The second-order valence-corrected chi connectivity index (χ2v) is 7.93. The smallest absolute Gasteiger partial charge is 0.472 e. The van der Waals surface area contributed by atoms with Gasteiger partial charge in [0, 0.05) is 38.1 Å². The zero-order chi connectivity index (χ0) is 26.3. The number of ether oxygens (including phenoxy) is 1. The maximum Gasteiger partial charge on any atom is 0.472 e. The molecule has 13 heteroatoms. The van der Waals surface area contributed by atoms with Crippen LogP contribution < -0.4 is 20.5 Å². The Labute approximate surface area is 206 Å². The lowest BCUT2D eigenvalue weighted by atomic mass is 10.2. The minimum Gasteiger partial charge on any atom is -0.497 e. The molecule has 1 aromatic carbocycles. The molecule has 0 bridgehead atoms. The van der Waals surface area contributed by atoms with Crippen molar-refractivity contribution in [3.8, 4) is 5.75 Å². The van der Waals surface area contributed by atoms with Gasteiger partial charge in [0.1, 0.15) is 5.75 Å². The van der Waals surface area contributed by atoms with Gasteiger partial charge in [-0.15, -0.1) is 0 Å². The van der Waals surface area contributed by atoms with Crippen molar-refractivity contribution >= 4 is 23.5 Å². The summed E-state index contributed by atoms with van der Waals surface area (Å²) in [6.07, 6.45) is -3.98. The van der Waals surface area contributed by atoms with Gasteiger partial charge in [0.2, 0.25) is 0 Å². The van der Waals surface area contributed by atoms with Crippen molar-refractivity contribution in [2.75, 3.05) is 44.7 Å². The van der Waals surface area contributed by atoms with E-state index < -0.39 is 18.0 Å². The van der Waals surface area contributed by atoms with Gasteiger partial charge in [-0.3, -0.25) is 30.3 Å². The number of halogens is 3. The highest BCUT2D eigenvalue weighted by Crippen LogP contribution is 2.23. The number of benzene rings is 1. The molecule has 1 aliphatic heterocycles. The van der Waals surface area contributed by atoms with Crippen LogP contribution in [0, 0.1) is 0 Å². The fourth-order valence-electron chi connectivity index (χ4n) is 3.53. The second-order valence-electron chi connectivity index (χ2n) is 7.93. The highest BCUT2D eigenvalue weighted by atomic mass is 19.4. The topological polar surface area (TPSA) is 107 Å². The first-order valence-electron chi connectivity index (χ1n) is 11.2. The van der Waals surface area contributed by atoms with Crippen LogP contribution >= 0.6 is 0 Å². The number of carbonyl (C=O) groups is 3. The molecule has 0 saturated carbocycles. The van der Waals surface area contributed by atoms with Crippen molar-refractivity contribution in [3.63, 3.8) is 0 Å². The largest absolute Gasteiger partial charge is 0.497 e. The molecule has 0 radical (unpaired) electrons. The van der Waals surface area contributed by atoms with Gasteiger partial charge in [0.15, 0.2) is 0 Å². The van der Waals surface area contributed by atoms with Crippen molar-refractivity contribution in [1.82, 2.24) is 25.6 Å². The molecule has 3 rings (SSSR count). The van der Waals surface area contributed by atoms with Gasteiger partial charge < -0.3 is 14.5 Å². The van der Waals surface area contributed by atoms with E-state index in [0.29, 0.717) is 30.2 Å². The number of alkyl halides is 3. The average Bonchev–Trinajstić information content (AvgIpc) is 2.89. The zero-order valence-corrected chi connectivity index (χ0v) is 19.8. The molecule has 1 fully saturated rings. The summed E-state index contributed by atoms with van der Waals surface area (Å²) >= 11 is 0. The lowest BCUT2D eigenvalue weighted by molar-refractivity contribution is -0.174. The number of anilines is 1. The molecule has 2 heterocycles. The standard InChI is InChI=1S/C23H27F3N6O4/c1-3-30-10-12-31(13-11-30)22(35)32(18-6-8-19(36-2)9-7-18)15-17-5-4-16(14-27-17)20(33)28-29-21(34)23(24,25)26/h4-9,14H,3,10-13,15H2,1-2H3,(H,28,33)(H,29,34). The number of methoxy groups -OCH3 is 1. The second kappa shape index (κ2) is 11.7. The van der Waals surface area contributed by atoms with Crippen molar-refractivity contribution in [2.24, 2.45) is 0 Å². The van der Waals surface area contributed by atoms with Crippen molar-refractivity contribution in [1.29, 1.82) is 0 Å². The summed E-state index contributed by atoms with van der Waals surface area (Å²) < 4.78 is 42.0. The first-order valence-corrected chi connectivity index (χ1v) is 11.2. The quantitative estimate of drug-likeness (QED) is 0.580. The van der Waals surface area contributed by atoms with E-state index in [2.05, 4.69) is 16.8 Å². The number of hydrazine groups is 1. The molecule has 194 valence electrons. The minimum absolute atomic E-state index is 0.0702. The first kappa shape index (κ1) is 26.7. The molecule has 0 unspecified atom stereocenters. The van der Waals surface area contributed by atoms with E-state index in [0.717, 1.165) is 25.8 Å². The number of nitrogens with zero attached hydrogens (tertiary/aromatic N) is 4. The molecule has 0 aliphatic carbocycles. The Hall–Kier alpha value is -3.87. The number of aromatic nitrogens is 1. The molecule has 1 saturated heterocycles. The van der Waals surface area contributed by atoms with E-state index in [4.69, 9.17) is 4.74 Å².